The van der Waals surface area contributed by atoms with E-state index >= 15 is 0 Å². The van der Waals surface area contributed by atoms with Crippen LogP contribution in [-0.2, 0) is 6.42 Å². The standard InChI is InChI=1S/C16H14BrN3O3S/c1-3-10-7-11-15(24-10)18-8-20(16(11)22)19-14(21)9-4-5-13(23-2)12(17)6-9/h4-8H,3H2,1-2H3,(H,19,21). The highest BCUT2D eigenvalue weighted by Gasteiger charge is 2.12. The average molecular weight is 408 g/mol. The number of benzene rings is 1. The quantitative estimate of drug-likeness (QED) is 0.720. The number of carbonyl (C=O) groups is 1. The van der Waals surface area contributed by atoms with E-state index < -0.39 is 5.91 Å². The van der Waals surface area contributed by atoms with Crippen LogP contribution in [-0.4, -0.2) is 22.7 Å². The summed E-state index contributed by atoms with van der Waals surface area (Å²) in [6.07, 6.45) is 2.17. The molecular weight excluding hydrogens is 394 g/mol. The molecule has 124 valence electrons. The maximum absolute atomic E-state index is 12.5. The molecule has 0 saturated heterocycles. The molecule has 0 saturated carbocycles. The third-order valence-corrected chi connectivity index (χ3v) is 5.29. The van der Waals surface area contributed by atoms with Crippen LogP contribution in [0.5, 0.6) is 5.75 Å². The zero-order chi connectivity index (χ0) is 17.3. The van der Waals surface area contributed by atoms with Crippen LogP contribution in [0.4, 0.5) is 0 Å². The second kappa shape index (κ2) is 6.74. The molecule has 1 aromatic carbocycles. The van der Waals surface area contributed by atoms with Crippen LogP contribution in [0.15, 0.2) is 39.9 Å². The Morgan fingerprint density at radius 3 is 2.88 bits per heavy atom. The van der Waals surface area contributed by atoms with Gasteiger partial charge in [0.1, 0.15) is 16.9 Å². The van der Waals surface area contributed by atoms with Gasteiger partial charge in [0, 0.05) is 10.4 Å². The SMILES string of the molecule is CCc1cc2c(=O)n(NC(=O)c3ccc(OC)c(Br)c3)cnc2s1. The first-order chi connectivity index (χ1) is 11.5. The number of fused-ring (bicyclic) bond motifs is 1. The van der Waals surface area contributed by atoms with Crippen molar-refractivity contribution in [3.63, 3.8) is 0 Å². The summed E-state index contributed by atoms with van der Waals surface area (Å²) in [6.45, 7) is 2.02. The van der Waals surface area contributed by atoms with Gasteiger partial charge in [-0.15, -0.1) is 11.3 Å². The Morgan fingerprint density at radius 1 is 1.42 bits per heavy atom. The van der Waals surface area contributed by atoms with Gasteiger partial charge >= 0.3 is 0 Å². The molecule has 2 aromatic heterocycles. The molecule has 2 heterocycles. The third kappa shape index (κ3) is 3.07. The topological polar surface area (TPSA) is 73.2 Å². The van der Waals surface area contributed by atoms with Gasteiger partial charge in [-0.1, -0.05) is 6.92 Å². The molecule has 3 aromatic rings. The van der Waals surface area contributed by atoms with Crippen LogP contribution in [0.1, 0.15) is 22.2 Å². The minimum Gasteiger partial charge on any atom is -0.496 e. The van der Waals surface area contributed by atoms with Crippen molar-refractivity contribution < 1.29 is 9.53 Å². The lowest BCUT2D eigenvalue weighted by Crippen LogP contribution is -2.33. The first-order valence-electron chi connectivity index (χ1n) is 7.18. The fraction of sp³-hybridized carbons (Fsp3) is 0.188. The fourth-order valence-electron chi connectivity index (χ4n) is 2.21. The second-order valence-electron chi connectivity index (χ2n) is 5.00. The van der Waals surface area contributed by atoms with E-state index in [1.54, 1.807) is 25.3 Å². The number of ether oxygens (including phenoxy) is 1. The third-order valence-electron chi connectivity index (χ3n) is 3.49. The highest BCUT2D eigenvalue weighted by atomic mass is 79.9. The fourth-order valence-corrected chi connectivity index (χ4v) is 3.67. The number of rotatable bonds is 4. The summed E-state index contributed by atoms with van der Waals surface area (Å²) in [5, 5.41) is 0.510. The maximum atomic E-state index is 12.5. The van der Waals surface area contributed by atoms with Gasteiger partial charge in [-0.25, -0.2) is 9.66 Å². The largest absolute Gasteiger partial charge is 0.496 e. The van der Waals surface area contributed by atoms with Crippen LogP contribution in [0.3, 0.4) is 0 Å². The summed E-state index contributed by atoms with van der Waals surface area (Å²) in [5.41, 5.74) is 2.66. The number of aryl methyl sites for hydroxylation is 1. The van der Waals surface area contributed by atoms with Crippen molar-refractivity contribution in [2.75, 3.05) is 12.5 Å². The number of aromatic nitrogens is 2. The summed E-state index contributed by atoms with van der Waals surface area (Å²) in [7, 11) is 1.55. The molecule has 3 rings (SSSR count). The van der Waals surface area contributed by atoms with Gasteiger partial charge in [0.05, 0.1) is 17.0 Å². The lowest BCUT2D eigenvalue weighted by Gasteiger charge is -2.09. The summed E-state index contributed by atoms with van der Waals surface area (Å²) < 4.78 is 6.90. The molecule has 0 fully saturated rings. The van der Waals surface area contributed by atoms with Crippen molar-refractivity contribution in [2.24, 2.45) is 0 Å². The first-order valence-corrected chi connectivity index (χ1v) is 8.79. The van der Waals surface area contributed by atoms with E-state index in [0.717, 1.165) is 16.0 Å². The molecular formula is C16H14BrN3O3S. The molecule has 0 radical (unpaired) electrons. The Bertz CT molecular complexity index is 980. The Hall–Kier alpha value is -2.19. The Morgan fingerprint density at radius 2 is 2.21 bits per heavy atom. The second-order valence-corrected chi connectivity index (χ2v) is 6.96. The van der Waals surface area contributed by atoms with Gasteiger partial charge in [0.2, 0.25) is 0 Å². The number of halogens is 1. The lowest BCUT2D eigenvalue weighted by atomic mass is 10.2. The minimum atomic E-state index is -0.410. The zero-order valence-corrected chi connectivity index (χ0v) is 15.4. The summed E-state index contributed by atoms with van der Waals surface area (Å²) >= 11 is 4.82. The Balaban J connectivity index is 1.91. The number of nitrogens with zero attached hydrogens (tertiary/aromatic N) is 2. The molecule has 0 atom stereocenters. The van der Waals surface area contributed by atoms with E-state index in [1.807, 2.05) is 13.0 Å². The van der Waals surface area contributed by atoms with Gasteiger partial charge in [-0.3, -0.25) is 15.0 Å². The number of carbonyl (C=O) groups excluding carboxylic acids is 1. The molecule has 0 aliphatic carbocycles. The van der Waals surface area contributed by atoms with Gasteiger partial charge in [0.15, 0.2) is 0 Å². The maximum Gasteiger partial charge on any atom is 0.280 e. The molecule has 1 amide bonds. The van der Waals surface area contributed by atoms with Crippen molar-refractivity contribution in [3.8, 4) is 5.75 Å². The van der Waals surface area contributed by atoms with E-state index in [4.69, 9.17) is 4.74 Å². The molecule has 0 aliphatic heterocycles. The number of thiophene rings is 1. The molecule has 8 heteroatoms. The number of hydrogen-bond acceptors (Lipinski definition) is 5. The summed E-state index contributed by atoms with van der Waals surface area (Å²) in [5.74, 6) is 0.213. The lowest BCUT2D eigenvalue weighted by molar-refractivity contribution is 0.101. The normalized spacial score (nSPS) is 10.8. The number of amides is 1. The van der Waals surface area contributed by atoms with E-state index in [0.29, 0.717) is 26.0 Å². The minimum absolute atomic E-state index is 0.295. The van der Waals surface area contributed by atoms with Crippen molar-refractivity contribution >= 4 is 43.4 Å². The van der Waals surface area contributed by atoms with E-state index in [2.05, 4.69) is 26.3 Å². The molecule has 0 spiro atoms. The number of hydrogen-bond donors (Lipinski definition) is 1. The molecule has 0 unspecified atom stereocenters. The monoisotopic (exact) mass is 407 g/mol. The highest BCUT2D eigenvalue weighted by molar-refractivity contribution is 9.10. The predicted molar refractivity (Wildman–Crippen MR) is 97.6 cm³/mol. The van der Waals surface area contributed by atoms with Gasteiger partial charge in [-0.05, 0) is 46.6 Å². The van der Waals surface area contributed by atoms with Crippen LogP contribution in [0.2, 0.25) is 0 Å². The van der Waals surface area contributed by atoms with Crippen LogP contribution in [0.25, 0.3) is 10.2 Å². The van der Waals surface area contributed by atoms with Crippen LogP contribution < -0.4 is 15.7 Å². The van der Waals surface area contributed by atoms with E-state index in [1.165, 1.54) is 17.7 Å². The van der Waals surface area contributed by atoms with Gasteiger partial charge < -0.3 is 4.74 Å². The van der Waals surface area contributed by atoms with Crippen molar-refractivity contribution in [3.05, 3.63) is 55.9 Å². The van der Waals surface area contributed by atoms with Crippen molar-refractivity contribution in [1.29, 1.82) is 0 Å². The van der Waals surface area contributed by atoms with Gasteiger partial charge in [-0.2, -0.15) is 0 Å². The molecule has 0 aliphatic rings. The van der Waals surface area contributed by atoms with Crippen molar-refractivity contribution in [1.82, 2.24) is 9.66 Å². The van der Waals surface area contributed by atoms with E-state index in [9.17, 15) is 9.59 Å². The van der Waals surface area contributed by atoms with E-state index in [-0.39, 0.29) is 5.56 Å². The Kier molecular flexibility index (Phi) is 4.68. The summed E-state index contributed by atoms with van der Waals surface area (Å²) in [6, 6.07) is 6.75. The molecule has 0 bridgehead atoms. The predicted octanol–water partition coefficient (Wildman–Crippen LogP) is 3.18. The van der Waals surface area contributed by atoms with Crippen LogP contribution in [0, 0.1) is 0 Å². The Labute approximate surface area is 150 Å². The average Bonchev–Trinajstić information content (AvgIpc) is 3.01. The highest BCUT2D eigenvalue weighted by Crippen LogP contribution is 2.25. The zero-order valence-electron chi connectivity index (χ0n) is 13.0. The molecule has 1 N–H and O–H groups in total. The van der Waals surface area contributed by atoms with Crippen LogP contribution >= 0.6 is 27.3 Å². The van der Waals surface area contributed by atoms with Crippen molar-refractivity contribution in [2.45, 2.75) is 13.3 Å². The number of methoxy groups -OCH3 is 1. The van der Waals surface area contributed by atoms with Gasteiger partial charge in [0.25, 0.3) is 11.5 Å². The molecule has 6 nitrogen and oxygen atoms in total. The molecule has 24 heavy (non-hydrogen) atoms. The first kappa shape index (κ1) is 16.7. The summed E-state index contributed by atoms with van der Waals surface area (Å²) in [4.78, 5) is 30.8. The number of nitrogens with one attached hydrogen (secondary N) is 1. The smallest absolute Gasteiger partial charge is 0.280 e.